The van der Waals surface area contributed by atoms with Crippen LogP contribution in [-0.4, -0.2) is 49.5 Å². The van der Waals surface area contributed by atoms with Crippen molar-refractivity contribution in [2.45, 2.75) is 26.0 Å². The van der Waals surface area contributed by atoms with Crippen molar-refractivity contribution in [1.29, 1.82) is 0 Å². The normalized spacial score (nSPS) is 11.4. The maximum Gasteiger partial charge on any atom is 0.338 e. The van der Waals surface area contributed by atoms with Gasteiger partial charge in [-0.1, -0.05) is 19.1 Å². The molecule has 1 aromatic carbocycles. The Morgan fingerprint density at radius 3 is 2.26 bits per heavy atom. The highest BCUT2D eigenvalue weighted by Crippen LogP contribution is 2.13. The first kappa shape index (κ1) is 19.1. The van der Waals surface area contributed by atoms with Gasteiger partial charge in [0.25, 0.3) is 0 Å². The summed E-state index contributed by atoms with van der Waals surface area (Å²) in [6.07, 6.45) is 0.522. The fraction of sp³-hybridized carbons (Fsp3) is 0.467. The summed E-state index contributed by atoms with van der Waals surface area (Å²) in [4.78, 5) is 22.3. The molecule has 0 amide bonds. The minimum Gasteiger partial charge on any atom is -0.480 e. The van der Waals surface area contributed by atoms with Gasteiger partial charge in [0, 0.05) is 6.54 Å². The molecule has 0 heterocycles. The molecule has 1 aromatic rings. The Morgan fingerprint density at radius 2 is 1.78 bits per heavy atom. The Bertz CT molecular complexity index is 638. The minimum atomic E-state index is -3.74. The fourth-order valence-electron chi connectivity index (χ4n) is 1.97. The highest BCUT2D eigenvalue weighted by molar-refractivity contribution is 7.88. The van der Waals surface area contributed by atoms with Crippen LogP contribution in [0.25, 0.3) is 0 Å². The predicted molar refractivity (Wildman–Crippen MR) is 84.5 cm³/mol. The van der Waals surface area contributed by atoms with Crippen molar-refractivity contribution in [1.82, 2.24) is 4.31 Å². The van der Waals surface area contributed by atoms with Crippen LogP contribution in [0.3, 0.4) is 0 Å². The van der Waals surface area contributed by atoms with E-state index in [0.29, 0.717) is 17.5 Å². The van der Waals surface area contributed by atoms with Crippen LogP contribution in [0.2, 0.25) is 0 Å². The minimum absolute atomic E-state index is 0.148. The molecule has 128 valence electrons. The van der Waals surface area contributed by atoms with Crippen molar-refractivity contribution in [3.63, 3.8) is 0 Å². The highest BCUT2D eigenvalue weighted by atomic mass is 32.2. The lowest BCUT2D eigenvalue weighted by Gasteiger charge is -2.19. The van der Waals surface area contributed by atoms with E-state index in [1.165, 1.54) is 24.3 Å². The quantitative estimate of drug-likeness (QED) is 0.682. The summed E-state index contributed by atoms with van der Waals surface area (Å²) in [5.41, 5.74) is 0.813. The van der Waals surface area contributed by atoms with Crippen molar-refractivity contribution >= 4 is 22.0 Å². The second-order valence-corrected chi connectivity index (χ2v) is 6.87. The zero-order chi connectivity index (χ0) is 17.5. The molecule has 7 nitrogen and oxygen atoms in total. The van der Waals surface area contributed by atoms with E-state index in [1.807, 2.05) is 0 Å². The SMILES string of the molecule is CCCN(CC(=O)O)S(=O)(=O)Cc1ccc(C(=O)OCC)cc1. The van der Waals surface area contributed by atoms with Gasteiger partial charge < -0.3 is 9.84 Å². The Morgan fingerprint density at radius 1 is 1.17 bits per heavy atom. The van der Waals surface area contributed by atoms with E-state index in [4.69, 9.17) is 9.84 Å². The molecule has 0 radical (unpaired) electrons. The van der Waals surface area contributed by atoms with Crippen LogP contribution in [-0.2, 0) is 25.3 Å². The van der Waals surface area contributed by atoms with Gasteiger partial charge in [0.1, 0.15) is 6.54 Å². The molecule has 0 saturated carbocycles. The van der Waals surface area contributed by atoms with Crippen LogP contribution in [0.5, 0.6) is 0 Å². The molecule has 1 N–H and O–H groups in total. The molecule has 0 aliphatic carbocycles. The van der Waals surface area contributed by atoms with Gasteiger partial charge in [-0.15, -0.1) is 0 Å². The lowest BCUT2D eigenvalue weighted by molar-refractivity contribution is -0.137. The number of rotatable bonds is 9. The molecular weight excluding hydrogens is 322 g/mol. The smallest absolute Gasteiger partial charge is 0.338 e. The van der Waals surface area contributed by atoms with E-state index >= 15 is 0 Å². The second-order valence-electron chi connectivity index (χ2n) is 4.90. The van der Waals surface area contributed by atoms with Gasteiger partial charge in [-0.2, -0.15) is 4.31 Å². The van der Waals surface area contributed by atoms with Crippen LogP contribution < -0.4 is 0 Å². The molecule has 23 heavy (non-hydrogen) atoms. The summed E-state index contributed by atoms with van der Waals surface area (Å²) in [5, 5.41) is 8.83. The van der Waals surface area contributed by atoms with Gasteiger partial charge >= 0.3 is 11.9 Å². The lowest BCUT2D eigenvalue weighted by atomic mass is 10.1. The van der Waals surface area contributed by atoms with Gasteiger partial charge in [0.2, 0.25) is 10.0 Å². The number of carbonyl (C=O) groups excluding carboxylic acids is 1. The van der Waals surface area contributed by atoms with Crippen LogP contribution in [0.1, 0.15) is 36.2 Å². The van der Waals surface area contributed by atoms with Crippen LogP contribution in [0.15, 0.2) is 24.3 Å². The largest absolute Gasteiger partial charge is 0.480 e. The summed E-state index contributed by atoms with van der Waals surface area (Å²) < 4.78 is 30.4. The van der Waals surface area contributed by atoms with Crippen molar-refractivity contribution in [2.24, 2.45) is 0 Å². The first-order chi connectivity index (χ1) is 10.8. The molecule has 0 bridgehead atoms. The van der Waals surface area contributed by atoms with E-state index in [-0.39, 0.29) is 18.9 Å². The van der Waals surface area contributed by atoms with Crippen molar-refractivity contribution in [3.8, 4) is 0 Å². The molecule has 0 aliphatic rings. The summed E-state index contributed by atoms with van der Waals surface area (Å²) >= 11 is 0. The number of hydrogen-bond acceptors (Lipinski definition) is 5. The van der Waals surface area contributed by atoms with Crippen LogP contribution in [0.4, 0.5) is 0 Å². The van der Waals surface area contributed by atoms with E-state index < -0.39 is 28.5 Å². The third-order valence-corrected chi connectivity index (χ3v) is 4.79. The number of benzene rings is 1. The van der Waals surface area contributed by atoms with E-state index in [2.05, 4.69) is 0 Å². The highest BCUT2D eigenvalue weighted by Gasteiger charge is 2.24. The summed E-state index contributed by atoms with van der Waals surface area (Å²) in [5.74, 6) is -1.98. The Hall–Kier alpha value is -1.93. The van der Waals surface area contributed by atoms with Crippen LogP contribution in [0, 0.1) is 0 Å². The summed E-state index contributed by atoms with van der Waals surface area (Å²) in [6.45, 7) is 3.32. The van der Waals surface area contributed by atoms with E-state index in [9.17, 15) is 18.0 Å². The predicted octanol–water partition coefficient (Wildman–Crippen LogP) is 1.49. The average Bonchev–Trinajstić information content (AvgIpc) is 2.47. The molecule has 0 saturated heterocycles. The first-order valence-electron chi connectivity index (χ1n) is 7.25. The molecule has 0 unspecified atom stereocenters. The maximum absolute atomic E-state index is 12.3. The molecule has 0 aromatic heterocycles. The second kappa shape index (κ2) is 8.64. The lowest BCUT2D eigenvalue weighted by Crippen LogP contribution is -2.37. The summed E-state index contributed by atoms with van der Waals surface area (Å²) in [6, 6.07) is 6.03. The average molecular weight is 343 g/mol. The number of carboxylic acid groups (broad SMARTS) is 1. The van der Waals surface area contributed by atoms with Gasteiger partial charge in [0.15, 0.2) is 0 Å². The van der Waals surface area contributed by atoms with Gasteiger partial charge in [-0.05, 0) is 31.0 Å². The van der Waals surface area contributed by atoms with Crippen molar-refractivity contribution in [3.05, 3.63) is 35.4 Å². The number of carbonyl (C=O) groups is 2. The summed E-state index contributed by atoms with van der Waals surface area (Å²) in [7, 11) is -3.74. The van der Waals surface area contributed by atoms with Crippen LogP contribution >= 0.6 is 0 Å². The van der Waals surface area contributed by atoms with E-state index in [1.54, 1.807) is 13.8 Å². The standard InChI is InChI=1S/C15H21NO6S/c1-3-9-16(10-14(17)18)23(20,21)11-12-5-7-13(8-6-12)15(19)22-4-2/h5-8H,3-4,9-11H2,1-2H3,(H,17,18). The molecule has 0 fully saturated rings. The number of nitrogens with zero attached hydrogens (tertiary/aromatic N) is 1. The topological polar surface area (TPSA) is 101 Å². The number of ether oxygens (including phenoxy) is 1. The fourth-order valence-corrected chi connectivity index (χ4v) is 3.53. The Labute approximate surface area is 135 Å². The molecule has 1 rings (SSSR count). The first-order valence-corrected chi connectivity index (χ1v) is 8.86. The Kier molecular flexibility index (Phi) is 7.18. The maximum atomic E-state index is 12.3. The molecule has 0 spiro atoms. The third-order valence-electron chi connectivity index (χ3n) is 2.99. The van der Waals surface area contributed by atoms with E-state index in [0.717, 1.165) is 4.31 Å². The Balaban J connectivity index is 2.87. The van der Waals surface area contributed by atoms with Crippen molar-refractivity contribution < 1.29 is 27.9 Å². The van der Waals surface area contributed by atoms with Gasteiger partial charge in [0.05, 0.1) is 17.9 Å². The zero-order valence-corrected chi connectivity index (χ0v) is 14.0. The monoisotopic (exact) mass is 343 g/mol. The number of carboxylic acids is 1. The number of hydrogen-bond donors (Lipinski definition) is 1. The van der Waals surface area contributed by atoms with Gasteiger partial charge in [-0.25, -0.2) is 13.2 Å². The third kappa shape index (κ3) is 5.99. The molecule has 8 heteroatoms. The molecule has 0 aliphatic heterocycles. The number of esters is 1. The number of aliphatic carboxylic acids is 1. The van der Waals surface area contributed by atoms with Gasteiger partial charge in [-0.3, -0.25) is 4.79 Å². The molecule has 0 atom stereocenters. The van der Waals surface area contributed by atoms with Crippen molar-refractivity contribution in [2.75, 3.05) is 19.7 Å². The number of sulfonamides is 1. The molecular formula is C15H21NO6S. The zero-order valence-electron chi connectivity index (χ0n) is 13.2.